The predicted octanol–water partition coefficient (Wildman–Crippen LogP) is 1.60. The van der Waals surface area contributed by atoms with E-state index in [-0.39, 0.29) is 11.5 Å². The molecular formula is C14H24N4. The smallest absolute Gasteiger partial charge is 0.122 e. The Hall–Kier alpha value is -0.870. The number of fused-ring (bicyclic) bond motifs is 1. The number of imidazole rings is 1. The monoisotopic (exact) mass is 248 g/mol. The van der Waals surface area contributed by atoms with Gasteiger partial charge in [-0.15, -0.1) is 0 Å². The highest BCUT2D eigenvalue weighted by Crippen LogP contribution is 2.37. The maximum atomic E-state index is 6.51. The van der Waals surface area contributed by atoms with Gasteiger partial charge in [0, 0.05) is 37.6 Å². The number of aromatic nitrogens is 2. The molecule has 4 nitrogen and oxygen atoms in total. The highest BCUT2D eigenvalue weighted by Gasteiger charge is 2.39. The van der Waals surface area contributed by atoms with Crippen LogP contribution in [0.3, 0.4) is 0 Å². The van der Waals surface area contributed by atoms with Crippen molar-refractivity contribution in [3.63, 3.8) is 0 Å². The van der Waals surface area contributed by atoms with Crippen LogP contribution in [0.2, 0.25) is 0 Å². The van der Waals surface area contributed by atoms with Crippen molar-refractivity contribution in [1.29, 1.82) is 0 Å². The number of hydrogen-bond donors (Lipinski definition) is 1. The van der Waals surface area contributed by atoms with E-state index in [1.807, 2.05) is 6.20 Å². The van der Waals surface area contributed by atoms with Crippen LogP contribution < -0.4 is 5.73 Å². The van der Waals surface area contributed by atoms with Crippen LogP contribution in [0.1, 0.15) is 38.9 Å². The summed E-state index contributed by atoms with van der Waals surface area (Å²) >= 11 is 0. The SMILES string of the molecule is CC1(C)CCCC(N2CCn3ccnc3C2)C1N. The normalized spacial score (nSPS) is 32.2. The maximum absolute atomic E-state index is 6.51. The van der Waals surface area contributed by atoms with Crippen molar-refractivity contribution >= 4 is 0 Å². The van der Waals surface area contributed by atoms with E-state index in [2.05, 4.69) is 34.5 Å². The first kappa shape index (κ1) is 12.2. The lowest BCUT2D eigenvalue weighted by Gasteiger charge is -2.47. The van der Waals surface area contributed by atoms with E-state index >= 15 is 0 Å². The average Bonchev–Trinajstić information content (AvgIpc) is 2.79. The van der Waals surface area contributed by atoms with Gasteiger partial charge in [0.15, 0.2) is 0 Å². The lowest BCUT2D eigenvalue weighted by molar-refractivity contribution is 0.0495. The molecule has 1 aromatic rings. The Balaban J connectivity index is 1.76. The molecule has 2 N–H and O–H groups in total. The van der Waals surface area contributed by atoms with Crippen molar-refractivity contribution in [2.75, 3.05) is 6.54 Å². The summed E-state index contributed by atoms with van der Waals surface area (Å²) in [6, 6.07) is 0.812. The van der Waals surface area contributed by atoms with E-state index in [4.69, 9.17) is 5.73 Å². The molecule has 1 saturated carbocycles. The van der Waals surface area contributed by atoms with Crippen LogP contribution in [0.15, 0.2) is 12.4 Å². The van der Waals surface area contributed by atoms with Crippen LogP contribution >= 0.6 is 0 Å². The molecule has 2 heterocycles. The van der Waals surface area contributed by atoms with Gasteiger partial charge in [0.25, 0.3) is 0 Å². The molecule has 0 saturated heterocycles. The molecule has 1 fully saturated rings. The Labute approximate surface area is 109 Å². The van der Waals surface area contributed by atoms with Crippen molar-refractivity contribution in [1.82, 2.24) is 14.5 Å². The molecular weight excluding hydrogens is 224 g/mol. The summed E-state index contributed by atoms with van der Waals surface area (Å²) in [5.74, 6) is 1.19. The topological polar surface area (TPSA) is 47.1 Å². The van der Waals surface area contributed by atoms with Crippen molar-refractivity contribution in [2.24, 2.45) is 11.1 Å². The third kappa shape index (κ3) is 1.97. The second kappa shape index (κ2) is 4.35. The van der Waals surface area contributed by atoms with Gasteiger partial charge >= 0.3 is 0 Å². The van der Waals surface area contributed by atoms with Gasteiger partial charge in [0.05, 0.1) is 6.54 Å². The molecule has 0 radical (unpaired) electrons. The molecule has 18 heavy (non-hydrogen) atoms. The molecule has 2 atom stereocenters. The van der Waals surface area contributed by atoms with Crippen LogP contribution in [0.5, 0.6) is 0 Å². The van der Waals surface area contributed by atoms with Gasteiger partial charge in [-0.2, -0.15) is 0 Å². The lowest BCUT2D eigenvalue weighted by Crippen LogP contribution is -2.58. The fourth-order valence-corrected chi connectivity index (χ4v) is 3.52. The molecule has 0 aromatic carbocycles. The minimum Gasteiger partial charge on any atom is -0.333 e. The Morgan fingerprint density at radius 1 is 1.39 bits per heavy atom. The van der Waals surface area contributed by atoms with Gasteiger partial charge in [-0.3, -0.25) is 4.90 Å². The molecule has 4 heteroatoms. The van der Waals surface area contributed by atoms with Gasteiger partial charge in [-0.1, -0.05) is 20.3 Å². The number of hydrogen-bond acceptors (Lipinski definition) is 3. The van der Waals surface area contributed by atoms with Gasteiger partial charge in [-0.05, 0) is 18.3 Å². The molecule has 100 valence electrons. The second-order valence-corrected chi connectivity index (χ2v) is 6.48. The minimum absolute atomic E-state index is 0.274. The standard InChI is InChI=1S/C14H24N4/c1-14(2)5-3-4-11(13(14)15)18-9-8-17-7-6-16-12(17)10-18/h6-7,11,13H,3-5,8-10,15H2,1-2H3. The quantitative estimate of drug-likeness (QED) is 0.821. The predicted molar refractivity (Wildman–Crippen MR) is 72.0 cm³/mol. The summed E-state index contributed by atoms with van der Waals surface area (Å²) in [5.41, 5.74) is 6.79. The summed E-state index contributed by atoms with van der Waals surface area (Å²) < 4.78 is 2.26. The van der Waals surface area contributed by atoms with E-state index in [0.29, 0.717) is 6.04 Å². The molecule has 3 rings (SSSR count). The fraction of sp³-hybridized carbons (Fsp3) is 0.786. The Bertz CT molecular complexity index is 423. The van der Waals surface area contributed by atoms with Crippen molar-refractivity contribution in [2.45, 2.75) is 58.3 Å². The highest BCUT2D eigenvalue weighted by molar-refractivity contribution is 5.01. The van der Waals surface area contributed by atoms with E-state index < -0.39 is 0 Å². The summed E-state index contributed by atoms with van der Waals surface area (Å²) in [6.07, 6.45) is 7.79. The Morgan fingerprint density at radius 3 is 3.06 bits per heavy atom. The molecule has 0 bridgehead atoms. The maximum Gasteiger partial charge on any atom is 0.122 e. The van der Waals surface area contributed by atoms with Crippen LogP contribution in [0.25, 0.3) is 0 Å². The third-order valence-corrected chi connectivity index (χ3v) is 4.88. The molecule has 1 aliphatic heterocycles. The zero-order chi connectivity index (χ0) is 12.8. The first-order valence-corrected chi connectivity index (χ1v) is 7.07. The number of nitrogens with zero attached hydrogens (tertiary/aromatic N) is 3. The van der Waals surface area contributed by atoms with Gasteiger partial charge in [0.2, 0.25) is 0 Å². The first-order chi connectivity index (χ1) is 8.58. The molecule has 1 aromatic heterocycles. The highest BCUT2D eigenvalue weighted by atomic mass is 15.3. The number of nitrogens with two attached hydrogens (primary N) is 1. The van der Waals surface area contributed by atoms with Crippen molar-refractivity contribution < 1.29 is 0 Å². The molecule has 0 spiro atoms. The summed E-state index contributed by atoms with van der Waals surface area (Å²) in [7, 11) is 0. The zero-order valence-corrected chi connectivity index (χ0v) is 11.5. The van der Waals surface area contributed by atoms with E-state index in [1.54, 1.807) is 0 Å². The largest absolute Gasteiger partial charge is 0.333 e. The molecule has 0 amide bonds. The Kier molecular flexibility index (Phi) is 2.94. The summed E-state index contributed by atoms with van der Waals surface area (Å²) in [6.45, 7) is 7.75. The van der Waals surface area contributed by atoms with Gasteiger partial charge < -0.3 is 10.3 Å². The average molecular weight is 248 g/mol. The third-order valence-electron chi connectivity index (χ3n) is 4.88. The second-order valence-electron chi connectivity index (χ2n) is 6.48. The molecule has 2 aliphatic rings. The van der Waals surface area contributed by atoms with Crippen LogP contribution in [-0.2, 0) is 13.1 Å². The lowest BCUT2D eigenvalue weighted by atomic mass is 9.70. The first-order valence-electron chi connectivity index (χ1n) is 7.07. The van der Waals surface area contributed by atoms with Crippen molar-refractivity contribution in [3.05, 3.63) is 18.2 Å². The Morgan fingerprint density at radius 2 is 2.22 bits per heavy atom. The van der Waals surface area contributed by atoms with Crippen LogP contribution in [0.4, 0.5) is 0 Å². The zero-order valence-electron chi connectivity index (χ0n) is 11.5. The van der Waals surface area contributed by atoms with Gasteiger partial charge in [0.1, 0.15) is 5.82 Å². The minimum atomic E-state index is 0.274. The van der Waals surface area contributed by atoms with Crippen LogP contribution in [0, 0.1) is 5.41 Å². The van der Waals surface area contributed by atoms with Crippen molar-refractivity contribution in [3.8, 4) is 0 Å². The number of rotatable bonds is 1. The van der Waals surface area contributed by atoms with E-state index in [1.165, 1.54) is 25.1 Å². The van der Waals surface area contributed by atoms with Gasteiger partial charge in [-0.25, -0.2) is 4.98 Å². The van der Waals surface area contributed by atoms with E-state index in [0.717, 1.165) is 19.6 Å². The molecule has 1 aliphatic carbocycles. The fourth-order valence-electron chi connectivity index (χ4n) is 3.52. The molecule has 2 unspecified atom stereocenters. The van der Waals surface area contributed by atoms with Crippen LogP contribution in [-0.4, -0.2) is 33.1 Å². The van der Waals surface area contributed by atoms with E-state index in [9.17, 15) is 0 Å². The summed E-state index contributed by atoms with van der Waals surface area (Å²) in [4.78, 5) is 6.99. The summed E-state index contributed by atoms with van der Waals surface area (Å²) in [5, 5.41) is 0.